The van der Waals surface area contributed by atoms with Crippen molar-refractivity contribution in [1.29, 1.82) is 0 Å². The van der Waals surface area contributed by atoms with Crippen LogP contribution in [0.1, 0.15) is 11.3 Å². The van der Waals surface area contributed by atoms with Gasteiger partial charge in [-0.3, -0.25) is 9.59 Å². The minimum absolute atomic E-state index is 0.0884. The molecule has 0 bridgehead atoms. The molecule has 3 rings (SSSR count). The number of aryl methyl sites for hydroxylation is 1. The molecule has 6 heteroatoms. The van der Waals surface area contributed by atoms with Crippen molar-refractivity contribution in [3.8, 4) is 22.6 Å². The van der Waals surface area contributed by atoms with Crippen LogP contribution in [0.4, 0.5) is 0 Å². The first-order chi connectivity index (χ1) is 13.5. The zero-order valence-corrected chi connectivity index (χ0v) is 15.8. The second-order valence-electron chi connectivity index (χ2n) is 6.48. The van der Waals surface area contributed by atoms with Crippen LogP contribution in [0, 0.1) is 6.92 Å². The lowest BCUT2D eigenvalue weighted by Gasteiger charge is -2.11. The average molecular weight is 378 g/mol. The molecule has 2 aromatic carbocycles. The third kappa shape index (κ3) is 4.59. The fraction of sp³-hybridized carbons (Fsp3) is 0.182. The molecule has 1 amide bonds. The second-order valence-corrected chi connectivity index (χ2v) is 6.48. The molecule has 6 nitrogen and oxygen atoms in total. The standard InChI is InChI=1S/C22H22N2O4/c1-15-11-19(25)12-22(27)24(15)14-21(26)23-13-16-3-5-17(6-4-16)18-7-9-20(28-2)10-8-18/h3-12,25H,13-14H2,1-2H3,(H,23,26). The predicted octanol–water partition coefficient (Wildman–Crippen LogP) is 2.85. The van der Waals surface area contributed by atoms with Crippen LogP contribution in [0.2, 0.25) is 0 Å². The number of hydrogen-bond donors (Lipinski definition) is 2. The number of benzene rings is 2. The lowest BCUT2D eigenvalue weighted by molar-refractivity contribution is -0.121. The van der Waals surface area contributed by atoms with Crippen molar-refractivity contribution in [2.75, 3.05) is 7.11 Å². The van der Waals surface area contributed by atoms with Crippen molar-refractivity contribution in [2.24, 2.45) is 0 Å². The maximum Gasteiger partial charge on any atom is 0.254 e. The largest absolute Gasteiger partial charge is 0.508 e. The van der Waals surface area contributed by atoms with Gasteiger partial charge in [-0.1, -0.05) is 36.4 Å². The van der Waals surface area contributed by atoms with Crippen LogP contribution >= 0.6 is 0 Å². The molecular weight excluding hydrogens is 356 g/mol. The van der Waals surface area contributed by atoms with Gasteiger partial charge in [0.2, 0.25) is 5.91 Å². The van der Waals surface area contributed by atoms with Gasteiger partial charge in [0.1, 0.15) is 18.0 Å². The summed E-state index contributed by atoms with van der Waals surface area (Å²) >= 11 is 0. The number of methoxy groups -OCH3 is 1. The lowest BCUT2D eigenvalue weighted by atomic mass is 10.0. The smallest absolute Gasteiger partial charge is 0.254 e. The molecule has 1 aromatic heterocycles. The summed E-state index contributed by atoms with van der Waals surface area (Å²) in [5, 5.41) is 12.2. The predicted molar refractivity (Wildman–Crippen MR) is 107 cm³/mol. The Balaban J connectivity index is 1.60. The number of aromatic nitrogens is 1. The molecule has 0 aliphatic rings. The molecule has 0 aliphatic heterocycles. The van der Waals surface area contributed by atoms with Gasteiger partial charge in [0, 0.05) is 18.3 Å². The zero-order chi connectivity index (χ0) is 20.1. The van der Waals surface area contributed by atoms with Gasteiger partial charge in [0.25, 0.3) is 5.56 Å². The topological polar surface area (TPSA) is 80.6 Å². The van der Waals surface area contributed by atoms with E-state index in [1.54, 1.807) is 14.0 Å². The first kappa shape index (κ1) is 19.2. The molecule has 144 valence electrons. The Morgan fingerprint density at radius 1 is 1.04 bits per heavy atom. The van der Waals surface area contributed by atoms with Crippen LogP contribution in [0.15, 0.2) is 65.5 Å². The van der Waals surface area contributed by atoms with E-state index in [9.17, 15) is 14.7 Å². The summed E-state index contributed by atoms with van der Waals surface area (Å²) in [7, 11) is 1.64. The minimum Gasteiger partial charge on any atom is -0.508 e. The number of amides is 1. The van der Waals surface area contributed by atoms with Crippen LogP contribution < -0.4 is 15.6 Å². The summed E-state index contributed by atoms with van der Waals surface area (Å²) in [6, 6.07) is 18.3. The van der Waals surface area contributed by atoms with Gasteiger partial charge in [0.15, 0.2) is 0 Å². The Labute approximate surface area is 163 Å². The van der Waals surface area contributed by atoms with Crippen molar-refractivity contribution >= 4 is 5.91 Å². The number of nitrogens with one attached hydrogen (secondary N) is 1. The van der Waals surface area contributed by atoms with Crippen LogP contribution in [-0.4, -0.2) is 22.7 Å². The Hall–Kier alpha value is -3.54. The van der Waals surface area contributed by atoms with Gasteiger partial charge >= 0.3 is 0 Å². The van der Waals surface area contributed by atoms with E-state index in [0.29, 0.717) is 12.2 Å². The van der Waals surface area contributed by atoms with E-state index in [1.807, 2.05) is 48.5 Å². The van der Waals surface area contributed by atoms with Crippen molar-refractivity contribution in [1.82, 2.24) is 9.88 Å². The van der Waals surface area contributed by atoms with E-state index in [1.165, 1.54) is 10.6 Å². The molecule has 28 heavy (non-hydrogen) atoms. The van der Waals surface area contributed by atoms with Crippen molar-refractivity contribution in [3.63, 3.8) is 0 Å². The average Bonchev–Trinajstić information content (AvgIpc) is 2.69. The van der Waals surface area contributed by atoms with Crippen molar-refractivity contribution in [3.05, 3.63) is 82.3 Å². The summed E-state index contributed by atoms with van der Waals surface area (Å²) in [5.74, 6) is 0.442. The normalized spacial score (nSPS) is 10.5. The number of carbonyl (C=O) groups is 1. The number of hydrogen-bond acceptors (Lipinski definition) is 4. The Kier molecular flexibility index (Phi) is 5.79. The van der Waals surface area contributed by atoms with Gasteiger partial charge < -0.3 is 19.7 Å². The summed E-state index contributed by atoms with van der Waals surface area (Å²) in [6.45, 7) is 1.95. The summed E-state index contributed by atoms with van der Waals surface area (Å²) in [6.07, 6.45) is 0. The van der Waals surface area contributed by atoms with Gasteiger partial charge in [-0.2, -0.15) is 0 Å². The van der Waals surface area contributed by atoms with Crippen LogP contribution in [0.5, 0.6) is 11.5 Å². The highest BCUT2D eigenvalue weighted by molar-refractivity contribution is 5.75. The van der Waals surface area contributed by atoms with E-state index < -0.39 is 5.56 Å². The monoisotopic (exact) mass is 378 g/mol. The van der Waals surface area contributed by atoms with E-state index in [2.05, 4.69) is 5.32 Å². The Morgan fingerprint density at radius 2 is 1.64 bits per heavy atom. The number of pyridine rings is 1. The van der Waals surface area contributed by atoms with E-state index in [-0.39, 0.29) is 18.2 Å². The minimum atomic E-state index is -0.406. The van der Waals surface area contributed by atoms with Gasteiger partial charge in [0.05, 0.1) is 7.11 Å². The van der Waals surface area contributed by atoms with Crippen LogP contribution in [-0.2, 0) is 17.9 Å². The summed E-state index contributed by atoms with van der Waals surface area (Å²) in [4.78, 5) is 24.1. The maximum atomic E-state index is 12.2. The van der Waals surface area contributed by atoms with Crippen molar-refractivity contribution < 1.29 is 14.6 Å². The molecule has 0 spiro atoms. The Bertz CT molecular complexity index is 1020. The number of nitrogens with zero attached hydrogens (tertiary/aromatic N) is 1. The zero-order valence-electron chi connectivity index (χ0n) is 15.8. The highest BCUT2D eigenvalue weighted by Gasteiger charge is 2.08. The third-order valence-corrected chi connectivity index (χ3v) is 4.49. The molecule has 0 radical (unpaired) electrons. The van der Waals surface area contributed by atoms with Gasteiger partial charge in [-0.05, 0) is 41.8 Å². The second kappa shape index (κ2) is 8.43. The van der Waals surface area contributed by atoms with Gasteiger partial charge in [-0.25, -0.2) is 0 Å². The first-order valence-corrected chi connectivity index (χ1v) is 8.87. The van der Waals surface area contributed by atoms with E-state index in [0.717, 1.165) is 28.5 Å². The molecule has 0 saturated carbocycles. The lowest BCUT2D eigenvalue weighted by Crippen LogP contribution is -2.32. The Morgan fingerprint density at radius 3 is 2.21 bits per heavy atom. The number of ether oxygens (including phenoxy) is 1. The van der Waals surface area contributed by atoms with E-state index in [4.69, 9.17) is 4.74 Å². The third-order valence-electron chi connectivity index (χ3n) is 4.49. The quantitative estimate of drug-likeness (QED) is 0.691. The molecular formula is C22H22N2O4. The molecule has 0 unspecified atom stereocenters. The van der Waals surface area contributed by atoms with Gasteiger partial charge in [-0.15, -0.1) is 0 Å². The molecule has 0 saturated heterocycles. The molecule has 0 atom stereocenters. The number of aromatic hydroxyl groups is 1. The fourth-order valence-corrected chi connectivity index (χ4v) is 2.91. The maximum absolute atomic E-state index is 12.2. The molecule has 0 fully saturated rings. The number of rotatable bonds is 6. The van der Waals surface area contributed by atoms with E-state index >= 15 is 0 Å². The SMILES string of the molecule is COc1ccc(-c2ccc(CNC(=O)Cn3c(C)cc(O)cc3=O)cc2)cc1. The molecule has 2 N–H and O–H groups in total. The highest BCUT2D eigenvalue weighted by Crippen LogP contribution is 2.22. The summed E-state index contributed by atoms with van der Waals surface area (Å²) in [5.41, 5.74) is 3.24. The van der Waals surface area contributed by atoms with Crippen LogP contribution in [0.25, 0.3) is 11.1 Å². The van der Waals surface area contributed by atoms with Crippen molar-refractivity contribution in [2.45, 2.75) is 20.0 Å². The fourth-order valence-electron chi connectivity index (χ4n) is 2.91. The molecule has 1 heterocycles. The molecule has 3 aromatic rings. The first-order valence-electron chi connectivity index (χ1n) is 8.87. The van der Waals surface area contributed by atoms with Crippen LogP contribution in [0.3, 0.4) is 0 Å². The summed E-state index contributed by atoms with van der Waals surface area (Å²) < 4.78 is 6.49. The number of carbonyl (C=O) groups excluding carboxylic acids is 1. The molecule has 0 aliphatic carbocycles. The highest BCUT2D eigenvalue weighted by atomic mass is 16.5.